The van der Waals surface area contributed by atoms with Gasteiger partial charge in [0.1, 0.15) is 17.9 Å². The quantitative estimate of drug-likeness (QED) is 0.505. The Morgan fingerprint density at radius 2 is 1.70 bits per heavy atom. The van der Waals surface area contributed by atoms with Gasteiger partial charge in [0.25, 0.3) is 5.91 Å². The van der Waals surface area contributed by atoms with Crippen molar-refractivity contribution >= 4 is 11.7 Å². The van der Waals surface area contributed by atoms with Crippen LogP contribution >= 0.6 is 0 Å². The lowest BCUT2D eigenvalue weighted by molar-refractivity contribution is 0.0244. The number of benzene rings is 1. The maximum Gasteiger partial charge on any atom is 0.258 e. The lowest BCUT2D eigenvalue weighted by Gasteiger charge is -2.42. The van der Waals surface area contributed by atoms with Crippen LogP contribution in [0.25, 0.3) is 0 Å². The first kappa shape index (κ1) is 27.3. The second-order valence-corrected chi connectivity index (χ2v) is 10.6. The highest BCUT2D eigenvalue weighted by molar-refractivity contribution is 5.97. The smallest absolute Gasteiger partial charge is 0.258 e. The summed E-state index contributed by atoms with van der Waals surface area (Å²) in [6.07, 6.45) is 7.35. The summed E-state index contributed by atoms with van der Waals surface area (Å²) in [5.74, 6) is 0.690. The number of piperidine rings is 1. The Balaban J connectivity index is 1.51. The van der Waals surface area contributed by atoms with Crippen LogP contribution in [0.15, 0.2) is 30.7 Å². The molecule has 0 unspecified atom stereocenters. The molecule has 0 atom stereocenters. The number of carbonyl (C=O) groups is 1. The number of carbonyl (C=O) groups excluding carboxylic acids is 1. The summed E-state index contributed by atoms with van der Waals surface area (Å²) >= 11 is 0. The van der Waals surface area contributed by atoms with E-state index in [2.05, 4.69) is 26.8 Å². The van der Waals surface area contributed by atoms with E-state index in [1.807, 2.05) is 27.7 Å². The molecule has 2 aliphatic rings. The fraction of sp³-hybridized carbons (Fsp3) is 0.607. The van der Waals surface area contributed by atoms with E-state index in [4.69, 9.17) is 9.47 Å². The molecule has 1 amide bonds. The van der Waals surface area contributed by atoms with Crippen LogP contribution < -0.4 is 9.64 Å². The molecule has 0 spiro atoms. The lowest BCUT2D eigenvalue weighted by atomic mass is 9.99. The number of aromatic nitrogens is 2. The Morgan fingerprint density at radius 3 is 2.35 bits per heavy atom. The molecule has 9 heteroatoms. The molecule has 0 aliphatic carbocycles. The maximum absolute atomic E-state index is 14.2. The molecule has 0 bridgehead atoms. The van der Waals surface area contributed by atoms with E-state index < -0.39 is 5.82 Å². The van der Waals surface area contributed by atoms with Crippen LogP contribution in [0.3, 0.4) is 0 Å². The molecule has 0 N–H and O–H groups in total. The summed E-state index contributed by atoms with van der Waals surface area (Å²) in [5.41, 5.74) is 0.189. The van der Waals surface area contributed by atoms with Crippen LogP contribution in [0, 0.1) is 5.82 Å². The van der Waals surface area contributed by atoms with Crippen LogP contribution in [0.5, 0.6) is 11.5 Å². The number of amides is 1. The number of hydrogen-bond acceptors (Lipinski definition) is 7. The third-order valence-corrected chi connectivity index (χ3v) is 7.50. The van der Waals surface area contributed by atoms with Crippen molar-refractivity contribution in [2.75, 3.05) is 38.3 Å². The van der Waals surface area contributed by atoms with Gasteiger partial charge in [-0.25, -0.2) is 14.4 Å². The van der Waals surface area contributed by atoms with E-state index in [0.29, 0.717) is 29.4 Å². The van der Waals surface area contributed by atoms with Crippen LogP contribution in [0.1, 0.15) is 63.7 Å². The summed E-state index contributed by atoms with van der Waals surface area (Å²) in [6.45, 7) is 11.2. The van der Waals surface area contributed by atoms with Crippen LogP contribution in [0.4, 0.5) is 10.2 Å². The van der Waals surface area contributed by atoms with Crippen molar-refractivity contribution in [2.24, 2.45) is 0 Å². The van der Waals surface area contributed by atoms with E-state index >= 15 is 0 Å². The molecule has 8 nitrogen and oxygen atoms in total. The van der Waals surface area contributed by atoms with Gasteiger partial charge in [-0.2, -0.15) is 0 Å². The fourth-order valence-corrected chi connectivity index (χ4v) is 5.58. The predicted molar refractivity (Wildman–Crippen MR) is 142 cm³/mol. The predicted octanol–water partition coefficient (Wildman–Crippen LogP) is 4.75. The summed E-state index contributed by atoms with van der Waals surface area (Å²) in [5, 5.41) is 0. The van der Waals surface area contributed by atoms with Crippen molar-refractivity contribution in [3.8, 4) is 11.5 Å². The van der Waals surface area contributed by atoms with Gasteiger partial charge >= 0.3 is 0 Å². The molecule has 2 aromatic rings. The molecule has 3 heterocycles. The van der Waals surface area contributed by atoms with E-state index in [-0.39, 0.29) is 23.6 Å². The lowest BCUT2D eigenvalue weighted by Crippen LogP contribution is -2.48. The van der Waals surface area contributed by atoms with Gasteiger partial charge in [-0.3, -0.25) is 4.79 Å². The zero-order valence-electron chi connectivity index (χ0n) is 22.7. The van der Waals surface area contributed by atoms with Crippen LogP contribution in [-0.2, 0) is 4.74 Å². The van der Waals surface area contributed by atoms with E-state index in [0.717, 1.165) is 52.0 Å². The van der Waals surface area contributed by atoms with Crippen molar-refractivity contribution in [2.45, 2.75) is 77.5 Å². The van der Waals surface area contributed by atoms with Gasteiger partial charge in [-0.1, -0.05) is 0 Å². The van der Waals surface area contributed by atoms with Crippen molar-refractivity contribution in [3.05, 3.63) is 42.1 Å². The molecule has 0 saturated carbocycles. The van der Waals surface area contributed by atoms with Crippen molar-refractivity contribution in [1.82, 2.24) is 19.8 Å². The van der Waals surface area contributed by atoms with Crippen molar-refractivity contribution in [3.63, 3.8) is 0 Å². The number of ether oxygens (including phenoxy) is 2. The minimum atomic E-state index is -0.483. The van der Waals surface area contributed by atoms with Gasteiger partial charge in [0.05, 0.1) is 11.8 Å². The van der Waals surface area contributed by atoms with Gasteiger partial charge in [0.2, 0.25) is 0 Å². The number of rotatable bonds is 8. The topological polar surface area (TPSA) is 71.0 Å². The number of anilines is 1. The maximum atomic E-state index is 14.2. The highest BCUT2D eigenvalue weighted by atomic mass is 19.1. The fourth-order valence-electron chi connectivity index (χ4n) is 5.58. The average Bonchev–Trinajstić information content (AvgIpc) is 2.90. The molecule has 1 aromatic carbocycles. The minimum absolute atomic E-state index is 0.0419. The number of nitrogens with zero attached hydrogens (tertiary/aromatic N) is 5. The average molecular weight is 514 g/mol. The third-order valence-electron chi connectivity index (χ3n) is 7.50. The van der Waals surface area contributed by atoms with E-state index in [9.17, 15) is 9.18 Å². The van der Waals surface area contributed by atoms with Gasteiger partial charge in [-0.05, 0) is 78.6 Å². The summed E-state index contributed by atoms with van der Waals surface area (Å²) in [6, 6.07) is 5.07. The van der Waals surface area contributed by atoms with Gasteiger partial charge in [-0.15, -0.1) is 0 Å². The Kier molecular flexibility index (Phi) is 8.97. The SMILES string of the molecule is CC(C)N(C(=O)c1cc(F)ccc1Oc1cncnc1N1CCC(N(C)C2CCOCC2)CC1)C(C)C. The largest absolute Gasteiger partial charge is 0.451 e. The zero-order valence-corrected chi connectivity index (χ0v) is 22.7. The molecule has 0 radical (unpaired) electrons. The molecule has 2 saturated heterocycles. The Morgan fingerprint density at radius 1 is 1.05 bits per heavy atom. The van der Waals surface area contributed by atoms with Crippen molar-refractivity contribution in [1.29, 1.82) is 0 Å². The molecular formula is C28H40FN5O3. The number of halogens is 1. The minimum Gasteiger partial charge on any atom is -0.451 e. The van der Waals surface area contributed by atoms with E-state index in [1.54, 1.807) is 11.1 Å². The first-order chi connectivity index (χ1) is 17.8. The van der Waals surface area contributed by atoms with Gasteiger partial charge in [0, 0.05) is 50.5 Å². The van der Waals surface area contributed by atoms with Crippen molar-refractivity contribution < 1.29 is 18.7 Å². The summed E-state index contributed by atoms with van der Waals surface area (Å²) in [4.78, 5) is 28.6. The van der Waals surface area contributed by atoms with Gasteiger partial charge < -0.3 is 24.2 Å². The van der Waals surface area contributed by atoms with Crippen LogP contribution in [0.2, 0.25) is 0 Å². The summed E-state index contributed by atoms with van der Waals surface area (Å²) in [7, 11) is 2.24. The zero-order chi connectivity index (χ0) is 26.5. The molecule has 4 rings (SSSR count). The highest BCUT2D eigenvalue weighted by Crippen LogP contribution is 2.35. The Bertz CT molecular complexity index is 1040. The van der Waals surface area contributed by atoms with E-state index in [1.165, 1.54) is 24.5 Å². The first-order valence-corrected chi connectivity index (χ1v) is 13.4. The van der Waals surface area contributed by atoms with Crippen LogP contribution in [-0.4, -0.2) is 83.2 Å². The Hall–Kier alpha value is -2.78. The first-order valence-electron chi connectivity index (χ1n) is 13.4. The van der Waals surface area contributed by atoms with Gasteiger partial charge in [0.15, 0.2) is 11.6 Å². The molecule has 2 aliphatic heterocycles. The second kappa shape index (κ2) is 12.2. The molecule has 2 fully saturated rings. The molecule has 1 aromatic heterocycles. The highest BCUT2D eigenvalue weighted by Gasteiger charge is 2.30. The second-order valence-electron chi connectivity index (χ2n) is 10.6. The molecule has 202 valence electrons. The Labute approximate surface area is 219 Å². The number of hydrogen-bond donors (Lipinski definition) is 0. The third kappa shape index (κ3) is 6.38. The summed E-state index contributed by atoms with van der Waals surface area (Å²) < 4.78 is 26.0. The monoisotopic (exact) mass is 513 g/mol. The molecule has 37 heavy (non-hydrogen) atoms. The standard InChI is InChI=1S/C28H40FN5O3/c1-19(2)34(20(3)4)28(35)24-16-21(29)6-7-25(24)37-26-17-30-18-31-27(26)33-12-8-22(9-13-33)32(5)23-10-14-36-15-11-23/h6-7,16-20,22-23H,8-15H2,1-5H3. The molecular weight excluding hydrogens is 473 g/mol. The normalized spacial score (nSPS) is 17.6.